The van der Waals surface area contributed by atoms with E-state index in [0.29, 0.717) is 37.0 Å². The van der Waals surface area contributed by atoms with Crippen LogP contribution >= 0.6 is 0 Å². The second-order valence-corrected chi connectivity index (χ2v) is 13.4. The Hall–Kier alpha value is -0.650. The summed E-state index contributed by atoms with van der Waals surface area (Å²) in [4.78, 5) is 12.7. The molecule has 1 unspecified atom stereocenters. The number of aliphatic carboxylic acids is 1. The van der Waals surface area contributed by atoms with Gasteiger partial charge < -0.3 is 20.4 Å². The number of rotatable bonds is 6. The van der Waals surface area contributed by atoms with E-state index in [4.69, 9.17) is 0 Å². The summed E-state index contributed by atoms with van der Waals surface area (Å²) in [6.07, 6.45) is 6.27. The van der Waals surface area contributed by atoms with Crippen LogP contribution in [0.4, 0.5) is 0 Å². The molecule has 4 N–H and O–H groups in total. The molecule has 0 aromatic rings. The zero-order valence-electron chi connectivity index (χ0n) is 21.5. The van der Waals surface area contributed by atoms with Gasteiger partial charge >= 0.3 is 5.97 Å². The summed E-state index contributed by atoms with van der Waals surface area (Å²) in [6.45, 7) is 11.3. The number of carboxylic acid groups (broad SMARTS) is 1. The lowest BCUT2D eigenvalue weighted by molar-refractivity contribution is -0.242. The summed E-state index contributed by atoms with van der Waals surface area (Å²) in [7, 11) is 0. The van der Waals surface area contributed by atoms with Gasteiger partial charge in [-0.15, -0.1) is 0 Å². The summed E-state index contributed by atoms with van der Waals surface area (Å²) in [5.41, 5.74) is -1.83. The van der Waals surface area contributed by atoms with Crippen LogP contribution in [0.2, 0.25) is 0 Å². The van der Waals surface area contributed by atoms with Crippen molar-refractivity contribution >= 4 is 5.97 Å². The van der Waals surface area contributed by atoms with Crippen LogP contribution in [-0.2, 0) is 4.79 Å². The summed E-state index contributed by atoms with van der Waals surface area (Å²) < 4.78 is 0. The van der Waals surface area contributed by atoms with E-state index >= 15 is 0 Å². The van der Waals surface area contributed by atoms with Crippen LogP contribution in [0.5, 0.6) is 0 Å². The monoisotopic (exact) mass is 464 g/mol. The minimum atomic E-state index is -1.11. The predicted octanol–water partition coefficient (Wildman–Crippen LogP) is 4.87. The normalized spacial score (nSPS) is 50.4. The smallest absolute Gasteiger partial charge is 0.310 e. The number of aliphatic hydroxyl groups excluding tert-OH is 3. The van der Waals surface area contributed by atoms with Gasteiger partial charge in [0.1, 0.15) is 0 Å². The lowest BCUT2D eigenvalue weighted by Gasteiger charge is -2.66. The molecule has 4 aliphatic carbocycles. The maximum Gasteiger partial charge on any atom is 0.310 e. The van der Waals surface area contributed by atoms with Gasteiger partial charge in [-0.3, -0.25) is 4.79 Å². The molecule has 4 aliphatic rings. The van der Waals surface area contributed by atoms with Gasteiger partial charge in [-0.05, 0) is 91.3 Å². The van der Waals surface area contributed by atoms with Crippen molar-refractivity contribution in [2.24, 2.45) is 51.8 Å². The Bertz CT molecular complexity index is 738. The highest BCUT2D eigenvalue weighted by Gasteiger charge is 2.71. The Morgan fingerprint density at radius 1 is 0.970 bits per heavy atom. The molecule has 0 aromatic carbocycles. The predicted molar refractivity (Wildman–Crippen MR) is 128 cm³/mol. The van der Waals surface area contributed by atoms with E-state index in [1.807, 2.05) is 0 Å². The molecule has 0 amide bonds. The highest BCUT2D eigenvalue weighted by atomic mass is 16.4. The second-order valence-electron chi connectivity index (χ2n) is 13.4. The second kappa shape index (κ2) is 8.78. The van der Waals surface area contributed by atoms with E-state index in [1.165, 1.54) is 19.3 Å². The van der Waals surface area contributed by atoms with Crippen molar-refractivity contribution in [3.63, 3.8) is 0 Å². The van der Waals surface area contributed by atoms with Gasteiger partial charge in [-0.1, -0.05) is 53.9 Å². The van der Waals surface area contributed by atoms with E-state index in [1.54, 1.807) is 0 Å². The maximum absolute atomic E-state index is 12.7. The highest BCUT2D eigenvalue weighted by Crippen LogP contribution is 2.71. The maximum atomic E-state index is 12.7. The molecule has 4 fully saturated rings. The van der Waals surface area contributed by atoms with Crippen LogP contribution in [0.1, 0.15) is 98.8 Å². The standard InChI is InChI=1S/C28H48O5/c1-16(2)7-6-8-17(3)19-9-10-20-24-21(13-23(31)27(19,20)5)26(4)12-11-18(29)14-28(26,25(32)33)15-22(24)30/h16-24,29-31H,6-15H2,1-5H3,(H,32,33)/t17?,18-,19-,20+,21+,22-,23+,24+,26-,27-,28+/m1/s1. The lowest BCUT2D eigenvalue weighted by Crippen LogP contribution is -2.67. The first-order valence-electron chi connectivity index (χ1n) is 13.7. The molecule has 0 spiro atoms. The summed E-state index contributed by atoms with van der Waals surface area (Å²) >= 11 is 0. The largest absolute Gasteiger partial charge is 0.481 e. The van der Waals surface area contributed by atoms with Crippen molar-refractivity contribution in [2.75, 3.05) is 0 Å². The van der Waals surface area contributed by atoms with Crippen molar-refractivity contribution in [3.8, 4) is 0 Å². The van der Waals surface area contributed by atoms with Gasteiger partial charge in [0, 0.05) is 0 Å². The average Bonchev–Trinajstić information content (AvgIpc) is 3.08. The first kappa shape index (κ1) is 25.4. The molecule has 5 nitrogen and oxygen atoms in total. The fraction of sp³-hybridized carbons (Fsp3) is 0.964. The first-order chi connectivity index (χ1) is 15.4. The molecule has 0 aromatic heterocycles. The molecular weight excluding hydrogens is 416 g/mol. The zero-order valence-corrected chi connectivity index (χ0v) is 21.5. The average molecular weight is 465 g/mol. The van der Waals surface area contributed by atoms with Crippen molar-refractivity contribution in [3.05, 3.63) is 0 Å². The Morgan fingerprint density at radius 2 is 1.67 bits per heavy atom. The molecule has 5 heteroatoms. The van der Waals surface area contributed by atoms with Crippen LogP contribution in [0, 0.1) is 51.8 Å². The molecular formula is C28H48O5. The third-order valence-electron chi connectivity index (χ3n) is 11.5. The Kier molecular flexibility index (Phi) is 6.77. The fourth-order valence-corrected chi connectivity index (χ4v) is 9.67. The Labute approximate surface area is 200 Å². The molecule has 190 valence electrons. The Balaban J connectivity index is 1.63. The van der Waals surface area contributed by atoms with Crippen LogP contribution in [0.25, 0.3) is 0 Å². The molecule has 0 saturated heterocycles. The number of fused-ring (bicyclic) bond motifs is 5. The number of carboxylic acids is 1. The van der Waals surface area contributed by atoms with Gasteiger partial charge in [0.2, 0.25) is 0 Å². The van der Waals surface area contributed by atoms with Gasteiger partial charge in [0.05, 0.1) is 23.7 Å². The van der Waals surface area contributed by atoms with Crippen molar-refractivity contribution in [1.29, 1.82) is 0 Å². The van der Waals surface area contributed by atoms with E-state index in [2.05, 4.69) is 34.6 Å². The summed E-state index contributed by atoms with van der Waals surface area (Å²) in [6, 6.07) is 0. The summed E-state index contributed by atoms with van der Waals surface area (Å²) in [5, 5.41) is 44.0. The van der Waals surface area contributed by atoms with Crippen LogP contribution in [0.15, 0.2) is 0 Å². The van der Waals surface area contributed by atoms with Crippen molar-refractivity contribution in [1.82, 2.24) is 0 Å². The van der Waals surface area contributed by atoms with E-state index < -0.39 is 35.1 Å². The molecule has 4 rings (SSSR count). The van der Waals surface area contributed by atoms with Crippen molar-refractivity contribution in [2.45, 2.75) is 117 Å². The van der Waals surface area contributed by atoms with Gasteiger partial charge in [0.25, 0.3) is 0 Å². The van der Waals surface area contributed by atoms with Gasteiger partial charge in [0.15, 0.2) is 0 Å². The minimum Gasteiger partial charge on any atom is -0.481 e. The van der Waals surface area contributed by atoms with Crippen LogP contribution in [-0.4, -0.2) is 44.7 Å². The molecule has 11 atom stereocenters. The Morgan fingerprint density at radius 3 is 2.30 bits per heavy atom. The quantitative estimate of drug-likeness (QED) is 0.450. The molecule has 0 heterocycles. The third kappa shape index (κ3) is 3.71. The van der Waals surface area contributed by atoms with E-state index in [9.17, 15) is 25.2 Å². The SMILES string of the molecule is CC(C)CCCC(C)[C@H]1CC[C@H]2[C@@H]3[C@H](O)C[C@]4(C(=O)O)C[C@H](O)CC[C@]4(C)[C@H]3C[C@H](O)[C@]12C. The minimum absolute atomic E-state index is 0.0204. The van der Waals surface area contributed by atoms with Gasteiger partial charge in [-0.2, -0.15) is 0 Å². The number of aliphatic hydroxyl groups is 3. The van der Waals surface area contributed by atoms with Crippen molar-refractivity contribution < 1.29 is 25.2 Å². The molecule has 4 saturated carbocycles. The fourth-order valence-electron chi connectivity index (χ4n) is 9.67. The topological polar surface area (TPSA) is 98.0 Å². The summed E-state index contributed by atoms with van der Waals surface area (Å²) in [5.74, 6) is 1.08. The van der Waals surface area contributed by atoms with E-state index in [-0.39, 0.29) is 36.0 Å². The number of hydrogen-bond donors (Lipinski definition) is 4. The number of hydrogen-bond acceptors (Lipinski definition) is 4. The lowest BCUT2D eigenvalue weighted by atomic mass is 9.38. The highest BCUT2D eigenvalue weighted by molar-refractivity contribution is 5.76. The first-order valence-corrected chi connectivity index (χ1v) is 13.7. The van der Waals surface area contributed by atoms with E-state index in [0.717, 1.165) is 12.8 Å². The zero-order chi connectivity index (χ0) is 24.3. The third-order valence-corrected chi connectivity index (χ3v) is 11.5. The van der Waals surface area contributed by atoms with Crippen LogP contribution in [0.3, 0.4) is 0 Å². The molecule has 33 heavy (non-hydrogen) atoms. The van der Waals surface area contributed by atoms with Gasteiger partial charge in [-0.25, -0.2) is 0 Å². The molecule has 0 aliphatic heterocycles. The number of carbonyl (C=O) groups is 1. The molecule has 0 bridgehead atoms. The van der Waals surface area contributed by atoms with Crippen LogP contribution < -0.4 is 0 Å². The molecule has 0 radical (unpaired) electrons.